The van der Waals surface area contributed by atoms with Gasteiger partial charge in [-0.1, -0.05) is 32.0 Å². The number of halogens is 3. The van der Waals surface area contributed by atoms with E-state index in [0.29, 0.717) is 23.0 Å². The lowest BCUT2D eigenvalue weighted by Gasteiger charge is -2.26. The van der Waals surface area contributed by atoms with E-state index in [1.807, 2.05) is 45.9 Å². The van der Waals surface area contributed by atoms with Crippen LogP contribution in [0.25, 0.3) is 16.9 Å². The molecule has 0 aliphatic heterocycles. The Morgan fingerprint density at radius 2 is 1.78 bits per heavy atom. The Morgan fingerprint density at radius 3 is 2.37 bits per heavy atom. The summed E-state index contributed by atoms with van der Waals surface area (Å²) < 4.78 is 44.3. The summed E-state index contributed by atoms with van der Waals surface area (Å²) in [6, 6.07) is 5.71. The second-order valence-corrected chi connectivity index (χ2v) is 12.3. The lowest BCUT2D eigenvalue weighted by Crippen LogP contribution is -2.40. The zero-order chi connectivity index (χ0) is 33.9. The van der Waals surface area contributed by atoms with Gasteiger partial charge in [0.1, 0.15) is 6.04 Å². The topological polar surface area (TPSA) is 122 Å². The molecular weight excluding hydrogens is 601 g/mol. The molecule has 13 heteroatoms. The lowest BCUT2D eigenvalue weighted by molar-refractivity contribution is -0.139. The van der Waals surface area contributed by atoms with Crippen LogP contribution in [0, 0.1) is 19.8 Å². The molecule has 0 saturated carbocycles. The fourth-order valence-corrected chi connectivity index (χ4v) is 5.66. The van der Waals surface area contributed by atoms with E-state index in [1.54, 1.807) is 31.3 Å². The maximum atomic E-state index is 14.1. The van der Waals surface area contributed by atoms with Crippen LogP contribution in [-0.4, -0.2) is 61.7 Å². The minimum atomic E-state index is -4.76. The fourth-order valence-electron chi connectivity index (χ4n) is 5.66. The van der Waals surface area contributed by atoms with Gasteiger partial charge in [0.25, 0.3) is 5.56 Å². The number of alkyl halides is 3. The van der Waals surface area contributed by atoms with E-state index < -0.39 is 47.7 Å². The Balaban J connectivity index is 1.82. The number of imidazole rings is 1. The van der Waals surface area contributed by atoms with E-state index in [-0.39, 0.29) is 30.9 Å². The molecule has 3 heterocycles. The molecule has 0 bridgehead atoms. The number of benzene rings is 1. The molecule has 0 spiro atoms. The molecule has 2 N–H and O–H groups in total. The number of nitrogens with zero attached hydrogens (tertiary/aromatic N) is 5. The Labute approximate surface area is 264 Å². The van der Waals surface area contributed by atoms with E-state index in [9.17, 15) is 32.7 Å². The van der Waals surface area contributed by atoms with Gasteiger partial charge in [-0.25, -0.2) is 9.50 Å². The van der Waals surface area contributed by atoms with E-state index in [0.717, 1.165) is 27.5 Å². The molecular formula is C33H39F3N6O4. The molecule has 4 rings (SSSR count). The van der Waals surface area contributed by atoms with E-state index in [1.165, 1.54) is 10.7 Å². The first-order valence-electron chi connectivity index (χ1n) is 15.0. The Morgan fingerprint density at radius 1 is 1.11 bits per heavy atom. The fraction of sp³-hybridized carbons (Fsp3) is 0.424. The number of carboxylic acid groups (broad SMARTS) is 1. The molecule has 0 radical (unpaired) electrons. The van der Waals surface area contributed by atoms with Gasteiger partial charge in [0, 0.05) is 42.3 Å². The maximum absolute atomic E-state index is 14.1. The lowest BCUT2D eigenvalue weighted by atomic mass is 9.96. The van der Waals surface area contributed by atoms with Gasteiger partial charge in [-0.15, -0.1) is 0 Å². The van der Waals surface area contributed by atoms with Crippen molar-refractivity contribution in [1.29, 1.82) is 0 Å². The maximum Gasteiger partial charge on any atom is 0.416 e. The number of aliphatic carboxylic acids is 1. The molecule has 1 amide bonds. The molecule has 0 saturated heterocycles. The number of amides is 1. The quantitative estimate of drug-likeness (QED) is 0.218. The molecule has 10 nitrogen and oxygen atoms in total. The van der Waals surface area contributed by atoms with Crippen molar-refractivity contribution in [3.05, 3.63) is 87.1 Å². The number of hydrogen-bond donors (Lipinski definition) is 2. The van der Waals surface area contributed by atoms with Crippen LogP contribution in [0.15, 0.2) is 53.7 Å². The number of aromatic nitrogens is 4. The van der Waals surface area contributed by atoms with Crippen LogP contribution in [-0.2, 0) is 22.2 Å². The van der Waals surface area contributed by atoms with Crippen LogP contribution in [0.3, 0.4) is 0 Å². The first kappa shape index (κ1) is 34.4. The highest BCUT2D eigenvalue weighted by Crippen LogP contribution is 2.33. The van der Waals surface area contributed by atoms with Crippen molar-refractivity contribution in [2.75, 3.05) is 20.6 Å². The molecule has 246 valence electrons. The van der Waals surface area contributed by atoms with Crippen LogP contribution in [0.4, 0.5) is 13.2 Å². The monoisotopic (exact) mass is 640 g/mol. The first-order valence-corrected chi connectivity index (χ1v) is 15.0. The number of carbonyl (C=O) groups excluding carboxylic acids is 1. The summed E-state index contributed by atoms with van der Waals surface area (Å²) in [4.78, 5) is 45.5. The molecule has 0 fully saturated rings. The minimum Gasteiger partial charge on any atom is -0.481 e. The van der Waals surface area contributed by atoms with Gasteiger partial charge >= 0.3 is 12.1 Å². The molecule has 1 aromatic carbocycles. The van der Waals surface area contributed by atoms with E-state index in [4.69, 9.17) is 0 Å². The summed E-state index contributed by atoms with van der Waals surface area (Å²) in [6.07, 6.45) is -0.914. The molecule has 2 atom stereocenters. The largest absolute Gasteiger partial charge is 0.481 e. The van der Waals surface area contributed by atoms with E-state index in [2.05, 4.69) is 15.4 Å². The Hall–Kier alpha value is -4.52. The number of pyridine rings is 1. The number of carboxylic acids is 1. The van der Waals surface area contributed by atoms with Crippen LogP contribution >= 0.6 is 0 Å². The van der Waals surface area contributed by atoms with Crippen LogP contribution in [0.2, 0.25) is 0 Å². The van der Waals surface area contributed by atoms with Crippen molar-refractivity contribution < 1.29 is 27.9 Å². The van der Waals surface area contributed by atoms with Gasteiger partial charge in [0.15, 0.2) is 5.65 Å². The number of likely N-dealkylation sites (N-methyl/N-ethyl adjacent to an activating group) is 1. The molecule has 0 aliphatic rings. The van der Waals surface area contributed by atoms with Crippen LogP contribution in [0.1, 0.15) is 66.6 Å². The van der Waals surface area contributed by atoms with Crippen molar-refractivity contribution >= 4 is 17.5 Å². The number of nitrogens with one attached hydrogen (secondary N) is 1. The normalized spacial score (nSPS) is 13.4. The van der Waals surface area contributed by atoms with Gasteiger partial charge in [0.2, 0.25) is 5.91 Å². The van der Waals surface area contributed by atoms with Gasteiger partial charge < -0.3 is 19.9 Å². The second-order valence-electron chi connectivity index (χ2n) is 12.3. The predicted molar refractivity (Wildman–Crippen MR) is 167 cm³/mol. The molecule has 46 heavy (non-hydrogen) atoms. The van der Waals surface area contributed by atoms with Crippen LogP contribution < -0.4 is 10.9 Å². The van der Waals surface area contributed by atoms with Gasteiger partial charge in [-0.3, -0.25) is 14.4 Å². The third-order valence-electron chi connectivity index (χ3n) is 7.83. The average Bonchev–Trinajstić information content (AvgIpc) is 3.42. The minimum absolute atomic E-state index is 0.00421. The van der Waals surface area contributed by atoms with Crippen molar-refractivity contribution in [3.63, 3.8) is 0 Å². The number of fused-ring (bicyclic) bond motifs is 1. The number of hydrogen-bond acceptors (Lipinski definition) is 6. The highest BCUT2D eigenvalue weighted by atomic mass is 19.4. The first-order chi connectivity index (χ1) is 21.6. The van der Waals surface area contributed by atoms with Crippen molar-refractivity contribution in [3.8, 4) is 11.3 Å². The second kappa shape index (κ2) is 13.9. The highest BCUT2D eigenvalue weighted by Gasteiger charge is 2.36. The predicted octanol–water partition coefficient (Wildman–Crippen LogP) is 5.22. The highest BCUT2D eigenvalue weighted by molar-refractivity contribution is 5.82. The SMILES string of the molecule is Cc1cccc(C)c1-c1cc(C(CC(=O)O)NC(=O)C(CC(C)C)n2cc(CCN(C)C)c(C(F)(F)F)cc2=O)c2nccn2n1. The number of aryl methyl sites for hydroxylation is 2. The third-order valence-corrected chi connectivity index (χ3v) is 7.83. The van der Waals surface area contributed by atoms with Crippen LogP contribution in [0.5, 0.6) is 0 Å². The smallest absolute Gasteiger partial charge is 0.416 e. The molecule has 0 aliphatic carbocycles. The molecule has 2 unspecified atom stereocenters. The summed E-state index contributed by atoms with van der Waals surface area (Å²) in [5.74, 6) is -2.03. The summed E-state index contributed by atoms with van der Waals surface area (Å²) in [6.45, 7) is 7.80. The summed E-state index contributed by atoms with van der Waals surface area (Å²) >= 11 is 0. The summed E-state index contributed by atoms with van der Waals surface area (Å²) in [5, 5.41) is 17.4. The molecule has 4 aromatic rings. The number of rotatable bonds is 12. The third kappa shape index (κ3) is 7.82. The Kier molecular flexibility index (Phi) is 10.3. The average molecular weight is 641 g/mol. The number of carbonyl (C=O) groups is 2. The molecule has 3 aromatic heterocycles. The van der Waals surface area contributed by atoms with Gasteiger partial charge in [0.05, 0.1) is 23.7 Å². The van der Waals surface area contributed by atoms with Crippen molar-refractivity contribution in [2.45, 2.75) is 65.2 Å². The summed E-state index contributed by atoms with van der Waals surface area (Å²) in [7, 11) is 3.45. The zero-order valence-electron chi connectivity index (χ0n) is 26.7. The summed E-state index contributed by atoms with van der Waals surface area (Å²) in [5.41, 5.74) is 1.87. The van der Waals surface area contributed by atoms with Gasteiger partial charge in [-0.05, 0) is 69.5 Å². The Bertz CT molecular complexity index is 1770. The van der Waals surface area contributed by atoms with E-state index >= 15 is 0 Å². The van der Waals surface area contributed by atoms with Crippen molar-refractivity contribution in [1.82, 2.24) is 29.4 Å². The van der Waals surface area contributed by atoms with Gasteiger partial charge in [-0.2, -0.15) is 18.3 Å². The zero-order valence-corrected chi connectivity index (χ0v) is 26.7. The standard InChI is InChI=1S/C33H39F3N6O4/c1-19(2)14-27(41-18-22(10-12-40(5)6)24(16-28(41)43)33(34,35)36)32(46)38-25(17-29(44)45)23-15-26(39-42-13-11-37-31(23)42)30-20(3)8-7-9-21(30)4/h7-9,11,13,15-16,18-19,25,27H,10,12,14,17H2,1-6H3,(H,38,46)(H,44,45). The van der Waals surface area contributed by atoms with Crippen molar-refractivity contribution in [2.24, 2.45) is 5.92 Å².